The standard InChI is InChI=1S/C13H16BrFN2O2/c1-2-3-13(4-5-13)8-16-11-6-9(14)10(15)7-12(11)17(18)19/h6-7,16H,2-5,8H2,1H3. The monoisotopic (exact) mass is 330 g/mol. The predicted molar refractivity (Wildman–Crippen MR) is 75.8 cm³/mol. The number of nitro benzene ring substituents is 1. The second kappa shape index (κ2) is 5.45. The summed E-state index contributed by atoms with van der Waals surface area (Å²) >= 11 is 3.06. The van der Waals surface area contributed by atoms with Crippen LogP contribution in [0.2, 0.25) is 0 Å². The van der Waals surface area contributed by atoms with Crippen LogP contribution < -0.4 is 5.32 Å². The molecule has 0 atom stereocenters. The largest absolute Gasteiger partial charge is 0.379 e. The summed E-state index contributed by atoms with van der Waals surface area (Å²) in [5.74, 6) is -0.619. The van der Waals surface area contributed by atoms with E-state index in [1.165, 1.54) is 6.07 Å². The highest BCUT2D eigenvalue weighted by Crippen LogP contribution is 2.49. The number of halogens is 2. The maximum atomic E-state index is 13.3. The average Bonchev–Trinajstić information content (AvgIpc) is 3.11. The first-order valence-electron chi connectivity index (χ1n) is 6.35. The Balaban J connectivity index is 2.15. The molecule has 104 valence electrons. The minimum absolute atomic E-state index is 0.215. The third-order valence-corrected chi connectivity index (χ3v) is 4.23. The molecule has 4 nitrogen and oxygen atoms in total. The SMILES string of the molecule is CCCC1(CNc2cc(Br)c(F)cc2[N+](=O)[O-])CC1. The highest BCUT2D eigenvalue weighted by molar-refractivity contribution is 9.10. The van der Waals surface area contributed by atoms with Gasteiger partial charge in [0.1, 0.15) is 11.5 Å². The molecule has 1 fully saturated rings. The van der Waals surface area contributed by atoms with Crippen molar-refractivity contribution in [1.82, 2.24) is 0 Å². The van der Waals surface area contributed by atoms with E-state index in [1.54, 1.807) is 0 Å². The lowest BCUT2D eigenvalue weighted by atomic mass is 10.0. The van der Waals surface area contributed by atoms with Gasteiger partial charge in [-0.05, 0) is 46.7 Å². The summed E-state index contributed by atoms with van der Waals surface area (Å²) < 4.78 is 13.6. The number of hydrogen-bond acceptors (Lipinski definition) is 3. The summed E-state index contributed by atoms with van der Waals surface area (Å²) in [6.45, 7) is 2.84. The number of anilines is 1. The number of rotatable bonds is 6. The molecule has 0 radical (unpaired) electrons. The molecule has 0 amide bonds. The van der Waals surface area contributed by atoms with Crippen LogP contribution in [0.5, 0.6) is 0 Å². The van der Waals surface area contributed by atoms with Gasteiger partial charge < -0.3 is 5.32 Å². The van der Waals surface area contributed by atoms with Crippen molar-refractivity contribution in [2.45, 2.75) is 32.6 Å². The van der Waals surface area contributed by atoms with Crippen molar-refractivity contribution in [3.8, 4) is 0 Å². The summed E-state index contributed by atoms with van der Waals surface area (Å²) in [6, 6.07) is 2.39. The van der Waals surface area contributed by atoms with E-state index in [1.807, 2.05) is 0 Å². The average molecular weight is 331 g/mol. The highest BCUT2D eigenvalue weighted by Gasteiger charge is 2.41. The maximum absolute atomic E-state index is 13.3. The van der Waals surface area contributed by atoms with E-state index >= 15 is 0 Å². The maximum Gasteiger partial charge on any atom is 0.295 e. The van der Waals surface area contributed by atoms with Gasteiger partial charge in [-0.15, -0.1) is 0 Å². The molecule has 1 N–H and O–H groups in total. The Kier molecular flexibility index (Phi) is 4.08. The molecule has 0 unspecified atom stereocenters. The summed E-state index contributed by atoms with van der Waals surface area (Å²) in [7, 11) is 0. The normalized spacial score (nSPS) is 16.2. The fourth-order valence-electron chi connectivity index (χ4n) is 2.33. The van der Waals surface area contributed by atoms with Crippen LogP contribution in [-0.2, 0) is 0 Å². The van der Waals surface area contributed by atoms with Crippen molar-refractivity contribution in [2.75, 3.05) is 11.9 Å². The van der Waals surface area contributed by atoms with Crippen molar-refractivity contribution in [3.05, 3.63) is 32.5 Å². The van der Waals surface area contributed by atoms with Gasteiger partial charge >= 0.3 is 0 Å². The lowest BCUT2D eigenvalue weighted by Crippen LogP contribution is -2.16. The molecule has 1 aliphatic carbocycles. The van der Waals surface area contributed by atoms with Crippen LogP contribution in [0, 0.1) is 21.3 Å². The van der Waals surface area contributed by atoms with Gasteiger partial charge in [-0.1, -0.05) is 13.3 Å². The molecule has 0 spiro atoms. The summed E-state index contributed by atoms with van der Waals surface area (Å²) in [4.78, 5) is 10.4. The lowest BCUT2D eigenvalue weighted by Gasteiger charge is -2.16. The fraction of sp³-hybridized carbons (Fsp3) is 0.538. The third kappa shape index (κ3) is 3.23. The van der Waals surface area contributed by atoms with Crippen LogP contribution in [0.4, 0.5) is 15.8 Å². The van der Waals surface area contributed by atoms with Crippen molar-refractivity contribution in [2.24, 2.45) is 5.41 Å². The number of hydrogen-bond donors (Lipinski definition) is 1. The zero-order valence-electron chi connectivity index (χ0n) is 10.7. The van der Waals surface area contributed by atoms with Gasteiger partial charge in [0.25, 0.3) is 5.69 Å². The van der Waals surface area contributed by atoms with E-state index in [9.17, 15) is 14.5 Å². The van der Waals surface area contributed by atoms with Gasteiger partial charge in [-0.2, -0.15) is 0 Å². The molecule has 0 heterocycles. The Morgan fingerprint density at radius 2 is 2.21 bits per heavy atom. The van der Waals surface area contributed by atoms with Crippen molar-refractivity contribution < 1.29 is 9.31 Å². The van der Waals surface area contributed by atoms with Gasteiger partial charge in [0.05, 0.1) is 15.5 Å². The Morgan fingerprint density at radius 3 is 2.74 bits per heavy atom. The van der Waals surface area contributed by atoms with Gasteiger partial charge in [0.15, 0.2) is 0 Å². The minimum atomic E-state index is -0.619. The molecule has 1 aromatic carbocycles. The van der Waals surface area contributed by atoms with Crippen LogP contribution in [0.1, 0.15) is 32.6 Å². The van der Waals surface area contributed by atoms with Gasteiger partial charge in [0, 0.05) is 6.54 Å². The molecule has 0 aliphatic heterocycles. The number of nitro groups is 1. The molecule has 6 heteroatoms. The number of benzene rings is 1. The minimum Gasteiger partial charge on any atom is -0.379 e. The first-order valence-corrected chi connectivity index (χ1v) is 7.14. The van der Waals surface area contributed by atoms with E-state index in [-0.39, 0.29) is 15.6 Å². The molecule has 1 saturated carbocycles. The molecule has 1 aromatic rings. The van der Waals surface area contributed by atoms with Crippen LogP contribution in [0.15, 0.2) is 16.6 Å². The first kappa shape index (κ1) is 14.2. The third-order valence-electron chi connectivity index (χ3n) is 3.63. The molecule has 1 aliphatic rings. The van der Waals surface area contributed by atoms with Crippen molar-refractivity contribution >= 4 is 27.3 Å². The molecule has 19 heavy (non-hydrogen) atoms. The van der Waals surface area contributed by atoms with Crippen molar-refractivity contribution in [3.63, 3.8) is 0 Å². The van der Waals surface area contributed by atoms with Crippen LogP contribution >= 0.6 is 15.9 Å². The first-order chi connectivity index (χ1) is 8.97. The van der Waals surface area contributed by atoms with E-state index in [0.29, 0.717) is 12.2 Å². The second-order valence-electron chi connectivity index (χ2n) is 5.14. The van der Waals surface area contributed by atoms with E-state index in [2.05, 4.69) is 28.2 Å². The molecule has 0 bridgehead atoms. The predicted octanol–water partition coefficient (Wildman–Crippen LogP) is 4.49. The van der Waals surface area contributed by atoms with Crippen LogP contribution in [0.3, 0.4) is 0 Å². The van der Waals surface area contributed by atoms with Crippen LogP contribution in [0.25, 0.3) is 0 Å². The number of nitrogens with one attached hydrogen (secondary N) is 1. The zero-order valence-corrected chi connectivity index (χ0v) is 12.3. The quantitative estimate of drug-likeness (QED) is 0.617. The highest BCUT2D eigenvalue weighted by atomic mass is 79.9. The lowest BCUT2D eigenvalue weighted by molar-refractivity contribution is -0.384. The zero-order chi connectivity index (χ0) is 14.0. The van der Waals surface area contributed by atoms with E-state index in [0.717, 1.165) is 31.7 Å². The fourth-order valence-corrected chi connectivity index (χ4v) is 2.68. The molecule has 0 saturated heterocycles. The summed E-state index contributed by atoms with van der Waals surface area (Å²) in [5, 5.41) is 14.0. The smallest absolute Gasteiger partial charge is 0.295 e. The molecule has 2 rings (SSSR count). The van der Waals surface area contributed by atoms with Gasteiger partial charge in [-0.25, -0.2) is 4.39 Å². The van der Waals surface area contributed by atoms with Gasteiger partial charge in [0.2, 0.25) is 0 Å². The summed E-state index contributed by atoms with van der Waals surface area (Å²) in [6.07, 6.45) is 4.54. The molecular weight excluding hydrogens is 315 g/mol. The Labute approximate surface area is 119 Å². The van der Waals surface area contributed by atoms with Crippen molar-refractivity contribution in [1.29, 1.82) is 0 Å². The Morgan fingerprint density at radius 1 is 1.53 bits per heavy atom. The Bertz CT molecular complexity index is 504. The van der Waals surface area contributed by atoms with Gasteiger partial charge in [-0.3, -0.25) is 10.1 Å². The molecule has 0 aromatic heterocycles. The topological polar surface area (TPSA) is 55.2 Å². The second-order valence-corrected chi connectivity index (χ2v) is 6.00. The van der Waals surface area contributed by atoms with Crippen LogP contribution in [-0.4, -0.2) is 11.5 Å². The number of nitrogens with zero attached hydrogens (tertiary/aromatic N) is 1. The Hall–Kier alpha value is -1.17. The summed E-state index contributed by atoms with van der Waals surface area (Å²) in [5.41, 5.74) is 0.442. The van der Waals surface area contributed by atoms with E-state index in [4.69, 9.17) is 0 Å². The van der Waals surface area contributed by atoms with E-state index < -0.39 is 10.7 Å². The molecular formula is C13H16BrFN2O2.